The molecule has 29 heavy (non-hydrogen) atoms. The summed E-state index contributed by atoms with van der Waals surface area (Å²) in [5.74, 6) is 1.45. The van der Waals surface area contributed by atoms with E-state index in [1.54, 1.807) is 16.1 Å². The van der Waals surface area contributed by atoms with Gasteiger partial charge in [-0.2, -0.15) is 0 Å². The predicted octanol–water partition coefficient (Wildman–Crippen LogP) is 3.36. The van der Waals surface area contributed by atoms with Crippen LogP contribution in [0.2, 0.25) is 0 Å². The molecular weight excluding hydrogens is 392 g/mol. The number of thioether (sulfide) groups is 1. The zero-order valence-electron chi connectivity index (χ0n) is 16.2. The Hall–Kier alpha value is -2.55. The number of nitrogens with zero attached hydrogens (tertiary/aromatic N) is 4. The first-order valence-corrected chi connectivity index (χ1v) is 10.9. The quantitative estimate of drug-likeness (QED) is 0.609. The Morgan fingerprint density at radius 1 is 1.24 bits per heavy atom. The van der Waals surface area contributed by atoms with Gasteiger partial charge in [0.25, 0.3) is 5.22 Å². The summed E-state index contributed by atoms with van der Waals surface area (Å²) >= 11 is 1.22. The third-order valence-corrected chi connectivity index (χ3v) is 5.88. The molecule has 2 aromatic rings. The third-order valence-electron chi connectivity index (χ3n) is 5.07. The minimum atomic E-state index is -0.0194. The van der Waals surface area contributed by atoms with Gasteiger partial charge in [-0.1, -0.05) is 17.8 Å². The zero-order valence-corrected chi connectivity index (χ0v) is 17.0. The molecule has 0 radical (unpaired) electrons. The number of rotatable bonds is 8. The van der Waals surface area contributed by atoms with E-state index in [4.69, 9.17) is 8.83 Å². The van der Waals surface area contributed by atoms with E-state index in [0.717, 1.165) is 50.1 Å². The van der Waals surface area contributed by atoms with Crippen LogP contribution in [-0.4, -0.2) is 44.1 Å². The number of hydrogen-bond acceptors (Lipinski definition) is 7. The molecule has 2 aromatic heterocycles. The van der Waals surface area contributed by atoms with Crippen LogP contribution < -0.4 is 0 Å². The summed E-state index contributed by atoms with van der Waals surface area (Å²) in [7, 11) is 0. The van der Waals surface area contributed by atoms with Crippen molar-refractivity contribution >= 4 is 23.6 Å². The lowest BCUT2D eigenvalue weighted by atomic mass is 10.0. The van der Waals surface area contributed by atoms with E-state index in [1.165, 1.54) is 11.8 Å². The van der Waals surface area contributed by atoms with E-state index in [0.29, 0.717) is 30.6 Å². The number of carbonyl (C=O) groups is 2. The number of hydrogen-bond donors (Lipinski definition) is 0. The van der Waals surface area contributed by atoms with Crippen molar-refractivity contribution in [2.24, 2.45) is 0 Å². The molecule has 154 valence electrons. The number of likely N-dealkylation sites (tertiary alicyclic amines) is 1. The number of carbonyl (C=O) groups excluding carboxylic acids is 2. The molecule has 9 heteroatoms. The van der Waals surface area contributed by atoms with Crippen LogP contribution in [0.15, 0.2) is 44.2 Å². The van der Waals surface area contributed by atoms with Gasteiger partial charge in [0.2, 0.25) is 17.7 Å². The minimum Gasteiger partial charge on any atom is -0.467 e. The fraction of sp³-hybridized carbons (Fsp3) is 0.500. The molecule has 0 unspecified atom stereocenters. The molecule has 0 saturated carbocycles. The van der Waals surface area contributed by atoms with E-state index in [9.17, 15) is 9.59 Å². The third kappa shape index (κ3) is 5.09. The molecule has 0 bridgehead atoms. The second-order valence-electron chi connectivity index (χ2n) is 7.17. The topological polar surface area (TPSA) is 92.7 Å². The second kappa shape index (κ2) is 9.30. The van der Waals surface area contributed by atoms with Crippen molar-refractivity contribution in [3.63, 3.8) is 0 Å². The Bertz CT molecular complexity index is 877. The van der Waals surface area contributed by atoms with Gasteiger partial charge >= 0.3 is 0 Å². The van der Waals surface area contributed by atoms with Crippen LogP contribution in [0.5, 0.6) is 0 Å². The summed E-state index contributed by atoms with van der Waals surface area (Å²) in [6.45, 7) is 1.47. The maximum atomic E-state index is 13.0. The van der Waals surface area contributed by atoms with Crippen LogP contribution >= 0.6 is 11.8 Å². The van der Waals surface area contributed by atoms with Gasteiger partial charge < -0.3 is 18.6 Å². The molecule has 0 atom stereocenters. The lowest BCUT2D eigenvalue weighted by molar-refractivity contribution is -0.128. The summed E-state index contributed by atoms with van der Waals surface area (Å²) < 4.78 is 11.1. The normalized spacial score (nSPS) is 16.9. The fourth-order valence-electron chi connectivity index (χ4n) is 3.57. The van der Waals surface area contributed by atoms with E-state index in [2.05, 4.69) is 16.3 Å². The zero-order chi connectivity index (χ0) is 20.1. The van der Waals surface area contributed by atoms with Gasteiger partial charge in [-0.25, -0.2) is 0 Å². The van der Waals surface area contributed by atoms with Crippen LogP contribution in [0.25, 0.3) is 0 Å². The first kappa shape index (κ1) is 19.8. The van der Waals surface area contributed by atoms with Crippen LogP contribution in [0, 0.1) is 0 Å². The van der Waals surface area contributed by atoms with Crippen LogP contribution in [-0.2, 0) is 22.7 Å². The van der Waals surface area contributed by atoms with Gasteiger partial charge in [0.1, 0.15) is 5.76 Å². The van der Waals surface area contributed by atoms with Crippen molar-refractivity contribution in [2.75, 3.05) is 12.3 Å². The predicted molar refractivity (Wildman–Crippen MR) is 105 cm³/mol. The Morgan fingerprint density at radius 3 is 2.90 bits per heavy atom. The van der Waals surface area contributed by atoms with Gasteiger partial charge in [-0.05, 0) is 44.2 Å². The Morgan fingerprint density at radius 2 is 2.17 bits per heavy atom. The molecule has 1 fully saturated rings. The summed E-state index contributed by atoms with van der Waals surface area (Å²) in [5, 5.41) is 8.36. The number of allylic oxidation sites excluding steroid dienone is 2. The van der Waals surface area contributed by atoms with Crippen LogP contribution in [0.4, 0.5) is 0 Å². The average Bonchev–Trinajstić information content (AvgIpc) is 3.49. The highest BCUT2D eigenvalue weighted by molar-refractivity contribution is 7.99. The van der Waals surface area contributed by atoms with Gasteiger partial charge in [0.05, 0.1) is 25.1 Å². The smallest absolute Gasteiger partial charge is 0.277 e. The highest BCUT2D eigenvalue weighted by Crippen LogP contribution is 2.25. The summed E-state index contributed by atoms with van der Waals surface area (Å²) in [4.78, 5) is 28.2. The Kier molecular flexibility index (Phi) is 6.33. The van der Waals surface area contributed by atoms with Crippen LogP contribution in [0.3, 0.4) is 0 Å². The standard InChI is InChI=1S/C20H24N4O4S/c25-18-9-4-10-23(18)13-17-21-22-20(28-17)29-14-19(26)24(12-16-8-5-11-27-16)15-6-2-1-3-7-15/h5-6,8,11H,1-4,7,9-10,12-14H2. The summed E-state index contributed by atoms with van der Waals surface area (Å²) in [6.07, 6.45) is 9.34. The van der Waals surface area contributed by atoms with Crippen molar-refractivity contribution in [1.82, 2.24) is 20.0 Å². The monoisotopic (exact) mass is 416 g/mol. The minimum absolute atomic E-state index is 0.0194. The first-order chi connectivity index (χ1) is 14.2. The lowest BCUT2D eigenvalue weighted by Gasteiger charge is -2.26. The second-order valence-corrected chi connectivity index (χ2v) is 8.10. The maximum absolute atomic E-state index is 13.0. The Labute approximate surface area is 173 Å². The van der Waals surface area contributed by atoms with Gasteiger partial charge in [-0.3, -0.25) is 9.59 Å². The molecule has 2 amide bonds. The van der Waals surface area contributed by atoms with Gasteiger partial charge in [0.15, 0.2) is 0 Å². The number of amides is 2. The van der Waals surface area contributed by atoms with E-state index in [1.807, 2.05) is 12.1 Å². The largest absolute Gasteiger partial charge is 0.467 e. The number of aromatic nitrogens is 2. The Balaban J connectivity index is 1.36. The molecule has 0 aromatic carbocycles. The average molecular weight is 417 g/mol. The summed E-state index contributed by atoms with van der Waals surface area (Å²) in [6, 6.07) is 3.70. The molecule has 2 aliphatic rings. The van der Waals surface area contributed by atoms with Crippen molar-refractivity contribution in [1.29, 1.82) is 0 Å². The molecule has 1 aliphatic carbocycles. The molecule has 1 aliphatic heterocycles. The SMILES string of the molecule is O=C1CCCN1Cc1nnc(SCC(=O)N(Cc2ccco2)C2=CCCCC2)o1. The molecule has 4 rings (SSSR count). The molecule has 0 N–H and O–H groups in total. The highest BCUT2D eigenvalue weighted by Gasteiger charge is 2.24. The highest BCUT2D eigenvalue weighted by atomic mass is 32.2. The van der Waals surface area contributed by atoms with Gasteiger partial charge in [0, 0.05) is 18.7 Å². The maximum Gasteiger partial charge on any atom is 0.277 e. The van der Waals surface area contributed by atoms with E-state index in [-0.39, 0.29) is 17.6 Å². The van der Waals surface area contributed by atoms with E-state index < -0.39 is 0 Å². The van der Waals surface area contributed by atoms with Crippen molar-refractivity contribution < 1.29 is 18.4 Å². The van der Waals surface area contributed by atoms with Gasteiger partial charge in [-0.15, -0.1) is 10.2 Å². The van der Waals surface area contributed by atoms with Crippen molar-refractivity contribution in [2.45, 2.75) is 56.8 Å². The molecule has 8 nitrogen and oxygen atoms in total. The molecule has 1 saturated heterocycles. The first-order valence-electron chi connectivity index (χ1n) is 9.94. The van der Waals surface area contributed by atoms with Crippen LogP contribution in [0.1, 0.15) is 50.2 Å². The van der Waals surface area contributed by atoms with Crippen molar-refractivity contribution in [3.8, 4) is 0 Å². The lowest BCUT2D eigenvalue weighted by Crippen LogP contribution is -2.32. The molecular formula is C20H24N4O4S. The molecule has 0 spiro atoms. The molecule has 3 heterocycles. The fourth-order valence-corrected chi connectivity index (χ4v) is 4.23. The number of furan rings is 1. The van der Waals surface area contributed by atoms with E-state index >= 15 is 0 Å². The summed E-state index contributed by atoms with van der Waals surface area (Å²) in [5.41, 5.74) is 1.05. The van der Waals surface area contributed by atoms with Crippen molar-refractivity contribution in [3.05, 3.63) is 41.8 Å².